The summed E-state index contributed by atoms with van der Waals surface area (Å²) in [6, 6.07) is 2.98. The molecule has 0 spiro atoms. The van der Waals surface area contributed by atoms with Crippen LogP contribution in [0.25, 0.3) is 0 Å². The van der Waals surface area contributed by atoms with Gasteiger partial charge in [-0.05, 0) is 0 Å². The Balaban J connectivity index is -0.000000500. The van der Waals surface area contributed by atoms with Crippen LogP contribution in [-0.2, 0) is 9.53 Å². The number of esters is 1. The number of hydrogen-bond acceptors (Lipinski definition) is 4. The van der Waals surface area contributed by atoms with E-state index in [1.807, 2.05) is 0 Å². The summed E-state index contributed by atoms with van der Waals surface area (Å²) in [6.45, 7) is 3.33. The molecule has 5 heteroatoms. The van der Waals surface area contributed by atoms with E-state index >= 15 is 0 Å². The first-order valence-corrected chi connectivity index (χ1v) is 2.83. The van der Waals surface area contributed by atoms with E-state index < -0.39 is 11.9 Å². The molecule has 12 heavy (non-hydrogen) atoms. The van der Waals surface area contributed by atoms with Crippen LogP contribution in [0.15, 0.2) is 12.7 Å². The molecule has 0 aliphatic rings. The van der Waals surface area contributed by atoms with Crippen LogP contribution in [0, 0.1) is 28.6 Å². The molecule has 0 N–H and O–H groups in total. The molecule has 0 bridgehead atoms. The zero-order valence-corrected chi connectivity index (χ0v) is 9.90. The Labute approximate surface area is 115 Å². The van der Waals surface area contributed by atoms with Crippen molar-refractivity contribution in [2.75, 3.05) is 6.61 Å². The molecule has 0 heterocycles. The fourth-order valence-corrected chi connectivity index (χ4v) is 0.359. The van der Waals surface area contributed by atoms with Crippen molar-refractivity contribution < 1.29 is 62.3 Å². The second-order valence-corrected chi connectivity index (χ2v) is 1.61. The summed E-state index contributed by atoms with van der Waals surface area (Å²) in [5.74, 6) is -2.15. The Kier molecular flexibility index (Phi) is 10.7. The molecule has 0 fully saturated rings. The van der Waals surface area contributed by atoms with Crippen molar-refractivity contribution in [3.05, 3.63) is 12.7 Å². The van der Waals surface area contributed by atoms with Crippen LogP contribution in [0.4, 0.5) is 0 Å². The zero-order valence-electron chi connectivity index (χ0n) is 7.78. The summed E-state index contributed by atoms with van der Waals surface area (Å²) < 4.78 is 4.43. The molecule has 0 aliphatic carbocycles. The molecule has 0 saturated heterocycles. The first-order valence-electron chi connectivity index (χ1n) is 2.83. The van der Waals surface area contributed by atoms with Gasteiger partial charge in [0.15, 0.2) is 0 Å². The minimum absolute atomic E-state index is 0. The Morgan fingerprint density at radius 3 is 2.50 bits per heavy atom. The van der Waals surface area contributed by atoms with Crippen molar-refractivity contribution in [3.8, 4) is 12.1 Å². The predicted molar refractivity (Wildman–Crippen MR) is 37.0 cm³/mol. The number of rotatable bonds is 3. The average molecular weight is 190 g/mol. The zero-order chi connectivity index (χ0) is 8.69. The van der Waals surface area contributed by atoms with Gasteiger partial charge in [0.05, 0.1) is 12.1 Å². The quantitative estimate of drug-likeness (QED) is 0.280. The van der Waals surface area contributed by atoms with E-state index in [0.717, 1.165) is 0 Å². The van der Waals surface area contributed by atoms with Gasteiger partial charge in [0.1, 0.15) is 6.61 Å². The molecule has 0 aromatic carbocycles. The topological polar surface area (TPSA) is 73.9 Å². The molecule has 0 amide bonds. The molecule has 58 valence electrons. The van der Waals surface area contributed by atoms with E-state index in [-0.39, 0.29) is 59.4 Å². The standard InChI is InChI=1S/C7H6N2O2.K.H/c1-2-3-11-7(10)6(4-8)5-9;;/h2,6H,1,3H2;;/q;+1;-1. The molecule has 0 unspecified atom stereocenters. The first kappa shape index (κ1) is 14.4. The number of carbonyl (C=O) groups is 1. The molecular weight excluding hydrogens is 183 g/mol. The number of ether oxygens (including phenoxy) is 1. The maximum atomic E-state index is 10.6. The van der Waals surface area contributed by atoms with Gasteiger partial charge in [0, 0.05) is 0 Å². The molecule has 0 radical (unpaired) electrons. The molecular formula is C7H7KN2O2. The number of nitrogens with zero attached hydrogens (tertiary/aromatic N) is 2. The fourth-order valence-electron chi connectivity index (χ4n) is 0.359. The molecule has 0 atom stereocenters. The van der Waals surface area contributed by atoms with E-state index in [2.05, 4.69) is 11.3 Å². The van der Waals surface area contributed by atoms with Crippen LogP contribution in [0.2, 0.25) is 0 Å². The second-order valence-electron chi connectivity index (χ2n) is 1.61. The van der Waals surface area contributed by atoms with Gasteiger partial charge in [0.2, 0.25) is 5.92 Å². The summed E-state index contributed by atoms with van der Waals surface area (Å²) in [7, 11) is 0. The van der Waals surface area contributed by atoms with Gasteiger partial charge in [-0.3, -0.25) is 0 Å². The van der Waals surface area contributed by atoms with Gasteiger partial charge in [-0.2, -0.15) is 10.5 Å². The molecule has 0 saturated carbocycles. The van der Waals surface area contributed by atoms with Crippen LogP contribution >= 0.6 is 0 Å². The third-order valence-corrected chi connectivity index (χ3v) is 0.837. The first-order chi connectivity index (χ1) is 5.26. The van der Waals surface area contributed by atoms with Gasteiger partial charge in [-0.15, -0.1) is 0 Å². The van der Waals surface area contributed by atoms with Crippen LogP contribution < -0.4 is 51.4 Å². The van der Waals surface area contributed by atoms with Crippen molar-refractivity contribution in [2.45, 2.75) is 0 Å². The molecule has 0 aromatic rings. The molecule has 0 aliphatic heterocycles. The molecule has 4 nitrogen and oxygen atoms in total. The van der Waals surface area contributed by atoms with Crippen LogP contribution in [-0.4, -0.2) is 12.6 Å². The summed E-state index contributed by atoms with van der Waals surface area (Å²) in [6.07, 6.45) is 1.36. The minimum Gasteiger partial charge on any atom is -1.00 e. The Morgan fingerprint density at radius 1 is 1.67 bits per heavy atom. The number of carbonyl (C=O) groups excluding carboxylic acids is 1. The SMILES string of the molecule is C=CCOC(=O)C(C#N)C#N.[H-].[K+]. The smallest absolute Gasteiger partial charge is 1.00 e. The molecule has 0 aromatic heterocycles. The van der Waals surface area contributed by atoms with E-state index in [9.17, 15) is 4.79 Å². The van der Waals surface area contributed by atoms with E-state index in [1.165, 1.54) is 18.2 Å². The Hall–Kier alpha value is -0.174. The van der Waals surface area contributed by atoms with E-state index in [1.54, 1.807) is 0 Å². The summed E-state index contributed by atoms with van der Waals surface area (Å²) in [5.41, 5.74) is 0. The van der Waals surface area contributed by atoms with Crippen molar-refractivity contribution in [1.29, 1.82) is 10.5 Å². The van der Waals surface area contributed by atoms with Crippen LogP contribution in [0.5, 0.6) is 0 Å². The van der Waals surface area contributed by atoms with Crippen LogP contribution in [0.1, 0.15) is 1.43 Å². The summed E-state index contributed by atoms with van der Waals surface area (Å²) in [5, 5.41) is 16.4. The van der Waals surface area contributed by atoms with Crippen molar-refractivity contribution in [2.24, 2.45) is 5.92 Å². The summed E-state index contributed by atoms with van der Waals surface area (Å²) >= 11 is 0. The molecule has 0 rings (SSSR count). The monoisotopic (exact) mass is 190 g/mol. The fraction of sp³-hybridized carbons (Fsp3) is 0.286. The van der Waals surface area contributed by atoms with Gasteiger partial charge >= 0.3 is 57.4 Å². The van der Waals surface area contributed by atoms with Crippen LogP contribution in [0.3, 0.4) is 0 Å². The Bertz CT molecular complexity index is 230. The third-order valence-electron chi connectivity index (χ3n) is 0.837. The average Bonchev–Trinajstić information content (AvgIpc) is 2.03. The largest absolute Gasteiger partial charge is 1.00 e. The van der Waals surface area contributed by atoms with E-state index in [0.29, 0.717) is 0 Å². The maximum Gasteiger partial charge on any atom is 1.00 e. The van der Waals surface area contributed by atoms with Gasteiger partial charge < -0.3 is 6.16 Å². The van der Waals surface area contributed by atoms with E-state index in [4.69, 9.17) is 10.5 Å². The predicted octanol–water partition coefficient (Wildman–Crippen LogP) is -2.50. The van der Waals surface area contributed by atoms with Crippen molar-refractivity contribution in [1.82, 2.24) is 0 Å². The van der Waals surface area contributed by atoms with Gasteiger partial charge in [-0.25, -0.2) is 4.79 Å². The number of nitriles is 2. The second kappa shape index (κ2) is 8.92. The third kappa shape index (κ3) is 5.47. The van der Waals surface area contributed by atoms with Gasteiger partial charge in [-0.1, -0.05) is 12.7 Å². The van der Waals surface area contributed by atoms with Crippen molar-refractivity contribution >= 4 is 5.97 Å². The number of hydrogen-bond donors (Lipinski definition) is 0. The Morgan fingerprint density at radius 2 is 2.17 bits per heavy atom. The normalized spacial score (nSPS) is 7.25. The minimum atomic E-state index is -1.32. The maximum absolute atomic E-state index is 10.6. The summed E-state index contributed by atoms with van der Waals surface area (Å²) in [4.78, 5) is 10.6. The van der Waals surface area contributed by atoms with Crippen molar-refractivity contribution in [3.63, 3.8) is 0 Å². The van der Waals surface area contributed by atoms with Gasteiger partial charge in [0.25, 0.3) is 0 Å².